The molecule has 0 aliphatic carbocycles. The van der Waals surface area contributed by atoms with Crippen LogP contribution < -0.4 is 15.4 Å². The molecule has 0 saturated heterocycles. The summed E-state index contributed by atoms with van der Waals surface area (Å²) < 4.78 is 49.0. The molecule has 0 aromatic heterocycles. The number of benzene rings is 2. The van der Waals surface area contributed by atoms with Gasteiger partial charge in [-0.1, -0.05) is 12.1 Å². The topological polar surface area (TPSA) is 76.7 Å². The van der Waals surface area contributed by atoms with Crippen LogP contribution in [-0.4, -0.2) is 32.6 Å². The average Bonchev–Trinajstić information content (AvgIpc) is 2.62. The van der Waals surface area contributed by atoms with Crippen molar-refractivity contribution in [3.05, 3.63) is 53.6 Å². The van der Waals surface area contributed by atoms with E-state index in [2.05, 4.69) is 10.6 Å². The fraction of sp³-hybridized carbons (Fsp3) is 0.222. The predicted octanol–water partition coefficient (Wildman–Crippen LogP) is 4.19. The van der Waals surface area contributed by atoms with Crippen molar-refractivity contribution in [2.24, 2.45) is 0 Å². The van der Waals surface area contributed by atoms with E-state index < -0.39 is 17.8 Å². The number of carbonyl (C=O) groups is 2. The van der Waals surface area contributed by atoms with Crippen LogP contribution in [-0.2, 0) is 10.9 Å². The molecule has 6 nitrogen and oxygen atoms in total. The second-order valence-corrected chi connectivity index (χ2v) is 5.37. The van der Waals surface area contributed by atoms with Gasteiger partial charge >= 0.3 is 12.2 Å². The number of ether oxygens (including phenoxy) is 2. The zero-order valence-electron chi connectivity index (χ0n) is 14.3. The molecule has 2 aromatic carbocycles. The number of amides is 2. The number of urea groups is 1. The maximum atomic E-state index is 13.0. The first-order valence-electron chi connectivity index (χ1n) is 7.79. The number of hydrogen-bond acceptors (Lipinski definition) is 4. The smallest absolute Gasteiger partial charge is 0.416 e. The second kappa shape index (κ2) is 9.04. The summed E-state index contributed by atoms with van der Waals surface area (Å²) >= 11 is 0. The van der Waals surface area contributed by atoms with E-state index in [-0.39, 0.29) is 24.7 Å². The van der Waals surface area contributed by atoms with Gasteiger partial charge in [-0.2, -0.15) is 13.2 Å². The Bertz CT molecular complexity index is 809. The van der Waals surface area contributed by atoms with Crippen LogP contribution in [0.4, 0.5) is 29.3 Å². The van der Waals surface area contributed by atoms with E-state index in [1.807, 2.05) is 0 Å². The zero-order chi connectivity index (χ0) is 19.9. The molecule has 27 heavy (non-hydrogen) atoms. The summed E-state index contributed by atoms with van der Waals surface area (Å²) in [7, 11) is 1.45. The molecular formula is C18H17F3N2O4. The Hall–Kier alpha value is -3.07. The highest BCUT2D eigenvalue weighted by atomic mass is 19.4. The van der Waals surface area contributed by atoms with E-state index in [0.29, 0.717) is 17.5 Å². The molecule has 2 rings (SSSR count). The lowest BCUT2D eigenvalue weighted by Crippen LogP contribution is -2.21. The van der Waals surface area contributed by atoms with E-state index in [1.54, 1.807) is 12.1 Å². The first kappa shape index (κ1) is 20.2. The molecule has 2 N–H and O–H groups in total. The third-order valence-electron chi connectivity index (χ3n) is 3.38. The largest absolute Gasteiger partial charge is 0.489 e. The minimum atomic E-state index is -4.57. The van der Waals surface area contributed by atoms with Gasteiger partial charge in [0.25, 0.3) is 0 Å². The average molecular weight is 382 g/mol. The Kier molecular flexibility index (Phi) is 6.78. The van der Waals surface area contributed by atoms with Crippen LogP contribution in [0, 0.1) is 0 Å². The monoisotopic (exact) mass is 382 g/mol. The molecular weight excluding hydrogens is 365 g/mol. The van der Waals surface area contributed by atoms with Gasteiger partial charge in [-0.25, -0.2) is 4.79 Å². The van der Waals surface area contributed by atoms with E-state index in [9.17, 15) is 22.8 Å². The van der Waals surface area contributed by atoms with Crippen LogP contribution in [0.5, 0.6) is 5.75 Å². The molecule has 0 atom stereocenters. The highest BCUT2D eigenvalue weighted by molar-refractivity contribution is 6.01. The van der Waals surface area contributed by atoms with Crippen LogP contribution in [0.1, 0.15) is 15.9 Å². The molecule has 0 aliphatic heterocycles. The van der Waals surface area contributed by atoms with Gasteiger partial charge in [0.2, 0.25) is 0 Å². The summed E-state index contributed by atoms with van der Waals surface area (Å²) in [5.74, 6) is 0.0665. The Labute approximate surface area is 153 Å². The highest BCUT2D eigenvalue weighted by Gasteiger charge is 2.31. The summed E-state index contributed by atoms with van der Waals surface area (Å²) in [6, 6.07) is 8.05. The molecule has 9 heteroatoms. The minimum absolute atomic E-state index is 0.0665. The maximum Gasteiger partial charge on any atom is 0.416 e. The van der Waals surface area contributed by atoms with Crippen molar-refractivity contribution in [3.8, 4) is 5.75 Å². The van der Waals surface area contributed by atoms with Crippen molar-refractivity contribution in [2.75, 3.05) is 31.0 Å². The van der Waals surface area contributed by atoms with Crippen LogP contribution >= 0.6 is 0 Å². The number of nitrogens with one attached hydrogen (secondary N) is 2. The third-order valence-corrected chi connectivity index (χ3v) is 3.38. The number of rotatable bonds is 7. The summed E-state index contributed by atoms with van der Waals surface area (Å²) in [6.07, 6.45) is -3.96. The van der Waals surface area contributed by atoms with Gasteiger partial charge in [0, 0.05) is 18.4 Å². The zero-order valence-corrected chi connectivity index (χ0v) is 14.3. The quantitative estimate of drug-likeness (QED) is 0.556. The maximum absolute atomic E-state index is 13.0. The summed E-state index contributed by atoms with van der Waals surface area (Å²) in [4.78, 5) is 22.9. The fourth-order valence-corrected chi connectivity index (χ4v) is 2.14. The number of aldehydes is 1. The van der Waals surface area contributed by atoms with E-state index in [1.165, 1.54) is 19.2 Å². The van der Waals surface area contributed by atoms with Gasteiger partial charge in [-0.3, -0.25) is 4.79 Å². The van der Waals surface area contributed by atoms with Gasteiger partial charge in [0.15, 0.2) is 0 Å². The highest BCUT2D eigenvalue weighted by Crippen LogP contribution is 2.35. The molecule has 0 unspecified atom stereocenters. The van der Waals surface area contributed by atoms with Gasteiger partial charge in [0.1, 0.15) is 18.6 Å². The molecule has 0 saturated carbocycles. The molecule has 0 heterocycles. The normalized spacial score (nSPS) is 11.0. The Morgan fingerprint density at radius 3 is 2.56 bits per heavy atom. The first-order valence-corrected chi connectivity index (χ1v) is 7.79. The van der Waals surface area contributed by atoms with Crippen LogP contribution in [0.25, 0.3) is 0 Å². The minimum Gasteiger partial charge on any atom is -0.489 e. The summed E-state index contributed by atoms with van der Waals surface area (Å²) in [5.41, 5.74) is -0.425. The first-order chi connectivity index (χ1) is 12.8. The molecule has 0 spiro atoms. The van der Waals surface area contributed by atoms with Crippen molar-refractivity contribution in [3.63, 3.8) is 0 Å². The van der Waals surface area contributed by atoms with Crippen molar-refractivity contribution < 1.29 is 32.2 Å². The fourth-order valence-electron chi connectivity index (χ4n) is 2.14. The van der Waals surface area contributed by atoms with Crippen molar-refractivity contribution in [1.82, 2.24) is 0 Å². The van der Waals surface area contributed by atoms with Crippen LogP contribution in [0.3, 0.4) is 0 Å². The molecule has 0 aliphatic rings. The molecule has 0 fully saturated rings. The second-order valence-electron chi connectivity index (χ2n) is 5.37. The SMILES string of the molecule is COCCOc1ccc(C(F)(F)F)cc1NC(=O)Nc1cccc(C=O)c1. The van der Waals surface area contributed by atoms with Crippen molar-refractivity contribution >= 4 is 23.7 Å². The van der Waals surface area contributed by atoms with Crippen molar-refractivity contribution in [2.45, 2.75) is 6.18 Å². The molecule has 2 aromatic rings. The van der Waals surface area contributed by atoms with E-state index in [0.717, 1.165) is 18.2 Å². The number of anilines is 2. The number of hydrogen-bond donors (Lipinski definition) is 2. The molecule has 144 valence electrons. The lowest BCUT2D eigenvalue weighted by Gasteiger charge is -2.15. The van der Waals surface area contributed by atoms with Gasteiger partial charge in [-0.05, 0) is 30.3 Å². The number of carbonyl (C=O) groups excluding carboxylic acids is 2. The van der Waals surface area contributed by atoms with Gasteiger partial charge in [0.05, 0.1) is 17.9 Å². The van der Waals surface area contributed by atoms with E-state index in [4.69, 9.17) is 9.47 Å². The number of methoxy groups -OCH3 is 1. The Morgan fingerprint density at radius 1 is 1.11 bits per heavy atom. The summed E-state index contributed by atoms with van der Waals surface area (Å²) in [5, 5.41) is 4.78. The van der Waals surface area contributed by atoms with Gasteiger partial charge in [-0.15, -0.1) is 0 Å². The van der Waals surface area contributed by atoms with Crippen molar-refractivity contribution in [1.29, 1.82) is 0 Å². The lowest BCUT2D eigenvalue weighted by molar-refractivity contribution is -0.137. The number of alkyl halides is 3. The standard InChI is InChI=1S/C18H17F3N2O4/c1-26-7-8-27-16-6-5-13(18(19,20)21)10-15(16)23-17(25)22-14-4-2-3-12(9-14)11-24/h2-6,9-11H,7-8H2,1H3,(H2,22,23,25). The molecule has 0 bridgehead atoms. The Balaban J connectivity index is 2.19. The Morgan fingerprint density at radius 2 is 1.89 bits per heavy atom. The third kappa shape index (κ3) is 6.00. The van der Waals surface area contributed by atoms with Crippen LogP contribution in [0.2, 0.25) is 0 Å². The molecule has 2 amide bonds. The summed E-state index contributed by atoms with van der Waals surface area (Å²) in [6.45, 7) is 0.324. The lowest BCUT2D eigenvalue weighted by atomic mass is 10.1. The number of halogens is 3. The van der Waals surface area contributed by atoms with Gasteiger partial charge < -0.3 is 20.1 Å². The van der Waals surface area contributed by atoms with Crippen LogP contribution in [0.15, 0.2) is 42.5 Å². The van der Waals surface area contributed by atoms with E-state index >= 15 is 0 Å². The predicted molar refractivity (Wildman–Crippen MR) is 93.3 cm³/mol. The molecule has 0 radical (unpaired) electrons.